The molecule has 0 saturated heterocycles. The number of thioether (sulfide) groups is 1. The van der Waals surface area contributed by atoms with Crippen molar-refractivity contribution in [2.75, 3.05) is 13.1 Å². The standard InChI is InChI=1S/C18H20N4O3S/c19-9-8-16(23)21-17(24)14-6-2-3-7-15(14)26-18(25)20-10-13-22-11-4-1-5-12-22/h1-7,11-12H,8-10,13,19H2,(H-,20,21,23,24,25)/p+1. The van der Waals surface area contributed by atoms with Crippen LogP contribution in [0.2, 0.25) is 0 Å². The van der Waals surface area contributed by atoms with Gasteiger partial charge in [-0.3, -0.25) is 19.7 Å². The molecule has 0 saturated carbocycles. The van der Waals surface area contributed by atoms with Crippen molar-refractivity contribution in [2.45, 2.75) is 17.9 Å². The fourth-order valence-corrected chi connectivity index (χ4v) is 2.93. The number of carbonyl (C=O) groups is 3. The minimum atomic E-state index is -0.542. The van der Waals surface area contributed by atoms with Crippen molar-refractivity contribution in [3.8, 4) is 0 Å². The molecule has 3 amide bonds. The van der Waals surface area contributed by atoms with Crippen molar-refractivity contribution < 1.29 is 19.0 Å². The maximum absolute atomic E-state index is 12.2. The number of hydrogen-bond donors (Lipinski definition) is 3. The molecule has 8 heteroatoms. The lowest BCUT2D eigenvalue weighted by atomic mass is 10.2. The summed E-state index contributed by atoms with van der Waals surface area (Å²) in [5.74, 6) is -0.985. The van der Waals surface area contributed by atoms with E-state index >= 15 is 0 Å². The molecule has 0 bridgehead atoms. The molecule has 0 unspecified atom stereocenters. The Balaban J connectivity index is 1.91. The second-order valence-corrected chi connectivity index (χ2v) is 6.36. The van der Waals surface area contributed by atoms with Gasteiger partial charge in [-0.05, 0) is 23.9 Å². The number of nitrogens with one attached hydrogen (secondary N) is 2. The maximum atomic E-state index is 12.2. The van der Waals surface area contributed by atoms with E-state index in [4.69, 9.17) is 5.73 Å². The Morgan fingerprint density at radius 2 is 1.77 bits per heavy atom. The van der Waals surface area contributed by atoms with E-state index in [0.29, 0.717) is 18.0 Å². The molecule has 7 nitrogen and oxygen atoms in total. The molecule has 136 valence electrons. The largest absolute Gasteiger partial charge is 0.340 e. The van der Waals surface area contributed by atoms with E-state index in [1.807, 2.05) is 35.2 Å². The Morgan fingerprint density at radius 3 is 2.50 bits per heavy atom. The maximum Gasteiger partial charge on any atom is 0.284 e. The third kappa shape index (κ3) is 6.30. The van der Waals surface area contributed by atoms with Crippen LogP contribution in [-0.2, 0) is 11.3 Å². The number of carbonyl (C=O) groups excluding carboxylic acids is 3. The minimum absolute atomic E-state index is 0.0681. The average Bonchev–Trinajstić information content (AvgIpc) is 2.63. The molecular formula is C18H21N4O3S+. The van der Waals surface area contributed by atoms with Gasteiger partial charge in [-0.1, -0.05) is 18.2 Å². The number of nitrogens with two attached hydrogens (primary N) is 1. The average molecular weight is 373 g/mol. The van der Waals surface area contributed by atoms with Crippen LogP contribution < -0.4 is 20.9 Å². The summed E-state index contributed by atoms with van der Waals surface area (Å²) in [6.07, 6.45) is 3.90. The van der Waals surface area contributed by atoms with E-state index in [1.54, 1.807) is 24.3 Å². The number of amides is 3. The quantitative estimate of drug-likeness (QED) is 0.498. The number of imide groups is 1. The van der Waals surface area contributed by atoms with Gasteiger partial charge in [-0.15, -0.1) is 0 Å². The molecule has 0 fully saturated rings. The van der Waals surface area contributed by atoms with Gasteiger partial charge < -0.3 is 11.1 Å². The van der Waals surface area contributed by atoms with Gasteiger partial charge in [0.05, 0.1) is 12.1 Å². The Morgan fingerprint density at radius 1 is 1.04 bits per heavy atom. The summed E-state index contributed by atoms with van der Waals surface area (Å²) in [7, 11) is 0. The highest BCUT2D eigenvalue weighted by Gasteiger charge is 2.16. The Kier molecular flexibility index (Phi) is 7.78. The highest BCUT2D eigenvalue weighted by atomic mass is 32.2. The van der Waals surface area contributed by atoms with E-state index < -0.39 is 11.8 Å². The monoisotopic (exact) mass is 373 g/mol. The fraction of sp³-hybridized carbons (Fsp3) is 0.222. The fourth-order valence-electron chi connectivity index (χ4n) is 2.14. The number of rotatable bonds is 7. The van der Waals surface area contributed by atoms with Crippen molar-refractivity contribution >= 4 is 28.8 Å². The first-order chi connectivity index (χ1) is 12.6. The number of nitrogens with zero attached hydrogens (tertiary/aromatic N) is 1. The lowest BCUT2D eigenvalue weighted by Gasteiger charge is -2.09. The van der Waals surface area contributed by atoms with E-state index in [1.165, 1.54) is 0 Å². The van der Waals surface area contributed by atoms with Gasteiger partial charge in [0.2, 0.25) is 5.91 Å². The van der Waals surface area contributed by atoms with Crippen LogP contribution in [0.25, 0.3) is 0 Å². The molecular weight excluding hydrogens is 352 g/mol. The molecule has 2 aromatic rings. The number of pyridine rings is 1. The van der Waals surface area contributed by atoms with E-state index in [9.17, 15) is 14.4 Å². The normalized spacial score (nSPS) is 10.2. The van der Waals surface area contributed by atoms with Crippen LogP contribution >= 0.6 is 11.8 Å². The molecule has 1 heterocycles. The van der Waals surface area contributed by atoms with Crippen LogP contribution in [0.3, 0.4) is 0 Å². The van der Waals surface area contributed by atoms with Gasteiger partial charge in [0, 0.05) is 30.0 Å². The molecule has 0 atom stereocenters. The van der Waals surface area contributed by atoms with E-state index in [0.717, 1.165) is 11.8 Å². The van der Waals surface area contributed by atoms with Gasteiger partial charge in [0.1, 0.15) is 0 Å². The molecule has 26 heavy (non-hydrogen) atoms. The first-order valence-electron chi connectivity index (χ1n) is 8.13. The Labute approximate surface area is 156 Å². The second kappa shape index (κ2) is 10.3. The second-order valence-electron chi connectivity index (χ2n) is 5.34. The predicted octanol–water partition coefficient (Wildman–Crippen LogP) is 1.08. The summed E-state index contributed by atoms with van der Waals surface area (Å²) in [6, 6.07) is 12.4. The van der Waals surface area contributed by atoms with Gasteiger partial charge in [-0.2, -0.15) is 0 Å². The summed E-state index contributed by atoms with van der Waals surface area (Å²) >= 11 is 0.918. The van der Waals surface area contributed by atoms with E-state index in [2.05, 4.69) is 10.6 Å². The molecule has 0 aliphatic rings. The van der Waals surface area contributed by atoms with Crippen LogP contribution in [0.4, 0.5) is 4.79 Å². The summed E-state index contributed by atoms with van der Waals surface area (Å²) in [4.78, 5) is 36.4. The smallest absolute Gasteiger partial charge is 0.284 e. The molecule has 1 aromatic heterocycles. The van der Waals surface area contributed by atoms with Crippen molar-refractivity contribution in [2.24, 2.45) is 5.73 Å². The van der Waals surface area contributed by atoms with Gasteiger partial charge >= 0.3 is 0 Å². The van der Waals surface area contributed by atoms with Crippen LogP contribution in [0.5, 0.6) is 0 Å². The third-order valence-electron chi connectivity index (χ3n) is 3.38. The molecule has 0 spiro atoms. The third-order valence-corrected chi connectivity index (χ3v) is 4.28. The lowest BCUT2D eigenvalue weighted by Crippen LogP contribution is -2.39. The zero-order valence-electron chi connectivity index (χ0n) is 14.2. The zero-order chi connectivity index (χ0) is 18.8. The molecule has 2 rings (SSSR count). The van der Waals surface area contributed by atoms with Crippen molar-refractivity contribution in [1.82, 2.24) is 10.6 Å². The highest BCUT2D eigenvalue weighted by molar-refractivity contribution is 8.13. The van der Waals surface area contributed by atoms with Crippen LogP contribution in [0.15, 0.2) is 59.8 Å². The van der Waals surface area contributed by atoms with Crippen LogP contribution in [0.1, 0.15) is 16.8 Å². The molecule has 4 N–H and O–H groups in total. The minimum Gasteiger partial charge on any atom is -0.340 e. The SMILES string of the molecule is NCCC(=O)NC(=O)c1ccccc1SC(=O)NCC[n+]1ccccc1. The first-order valence-corrected chi connectivity index (χ1v) is 8.95. The molecule has 1 aromatic carbocycles. The van der Waals surface area contributed by atoms with Crippen LogP contribution in [-0.4, -0.2) is 30.1 Å². The van der Waals surface area contributed by atoms with Crippen molar-refractivity contribution in [1.29, 1.82) is 0 Å². The lowest BCUT2D eigenvalue weighted by molar-refractivity contribution is -0.694. The highest BCUT2D eigenvalue weighted by Crippen LogP contribution is 2.23. The summed E-state index contributed by atoms with van der Waals surface area (Å²) in [5.41, 5.74) is 5.57. The number of benzene rings is 1. The summed E-state index contributed by atoms with van der Waals surface area (Å²) in [6.45, 7) is 1.27. The van der Waals surface area contributed by atoms with Gasteiger partial charge in [0.15, 0.2) is 18.9 Å². The molecule has 0 aliphatic carbocycles. The van der Waals surface area contributed by atoms with Gasteiger partial charge in [-0.25, -0.2) is 4.57 Å². The zero-order valence-corrected chi connectivity index (χ0v) is 15.0. The number of aromatic nitrogens is 1. The topological polar surface area (TPSA) is 105 Å². The van der Waals surface area contributed by atoms with E-state index in [-0.39, 0.29) is 23.8 Å². The molecule has 0 radical (unpaired) electrons. The Hall–Kier alpha value is -2.71. The van der Waals surface area contributed by atoms with Gasteiger partial charge in [0.25, 0.3) is 11.1 Å². The Bertz CT molecular complexity index is 768. The summed E-state index contributed by atoms with van der Waals surface area (Å²) < 4.78 is 1.95. The van der Waals surface area contributed by atoms with Crippen LogP contribution in [0, 0.1) is 0 Å². The van der Waals surface area contributed by atoms with Crippen molar-refractivity contribution in [3.63, 3.8) is 0 Å². The predicted molar refractivity (Wildman–Crippen MR) is 98.5 cm³/mol. The molecule has 0 aliphatic heterocycles. The summed E-state index contributed by atoms with van der Waals surface area (Å²) in [5, 5.41) is 4.80. The first kappa shape index (κ1) is 19.6. The number of hydrogen-bond acceptors (Lipinski definition) is 5. The van der Waals surface area contributed by atoms with Crippen molar-refractivity contribution in [3.05, 3.63) is 60.4 Å².